The normalized spacial score (nSPS) is 21.2. The number of hydrogen-bond donors (Lipinski definition) is 2. The van der Waals surface area contributed by atoms with Crippen LogP contribution in [0.2, 0.25) is 0 Å². The second-order valence-electron chi connectivity index (χ2n) is 11.4. The molecule has 37 heavy (non-hydrogen) atoms. The van der Waals surface area contributed by atoms with Gasteiger partial charge in [0, 0.05) is 23.9 Å². The number of benzene rings is 1. The van der Waals surface area contributed by atoms with Crippen molar-refractivity contribution in [1.29, 1.82) is 0 Å². The highest BCUT2D eigenvalue weighted by Gasteiger charge is 2.34. The SMILES string of the molecule is C#C[C@H]1CC[C@H](Cn2c(C(C)(C)c3ccccc3)nc3nc(C(=O)O)nc(N[C@H](C)C4CCC4)c32)CC1. The van der Waals surface area contributed by atoms with Gasteiger partial charge in [-0.1, -0.05) is 36.8 Å². The summed E-state index contributed by atoms with van der Waals surface area (Å²) in [5.74, 6) is 4.40. The highest BCUT2D eigenvalue weighted by molar-refractivity contribution is 5.91. The van der Waals surface area contributed by atoms with Gasteiger partial charge in [0.1, 0.15) is 11.3 Å². The van der Waals surface area contributed by atoms with Crippen LogP contribution in [0.5, 0.6) is 0 Å². The molecule has 2 heterocycles. The van der Waals surface area contributed by atoms with Gasteiger partial charge in [-0.25, -0.2) is 19.7 Å². The number of aromatic nitrogens is 4. The van der Waals surface area contributed by atoms with Gasteiger partial charge in [0.05, 0.1) is 0 Å². The van der Waals surface area contributed by atoms with Crippen LogP contribution in [-0.2, 0) is 12.0 Å². The van der Waals surface area contributed by atoms with Gasteiger partial charge in [0.25, 0.3) is 0 Å². The van der Waals surface area contributed by atoms with Crippen molar-refractivity contribution in [3.8, 4) is 12.3 Å². The molecule has 2 aliphatic carbocycles. The number of carboxylic acid groups (broad SMARTS) is 1. The summed E-state index contributed by atoms with van der Waals surface area (Å²) in [6.45, 7) is 7.28. The average molecular weight is 500 g/mol. The Morgan fingerprint density at radius 2 is 1.84 bits per heavy atom. The van der Waals surface area contributed by atoms with Crippen LogP contribution in [0.15, 0.2) is 30.3 Å². The minimum absolute atomic E-state index is 0.188. The molecule has 0 saturated heterocycles. The molecule has 0 spiro atoms. The van der Waals surface area contributed by atoms with Crippen molar-refractivity contribution < 1.29 is 9.90 Å². The third-order valence-corrected chi connectivity index (χ3v) is 8.59. The summed E-state index contributed by atoms with van der Waals surface area (Å²) < 4.78 is 2.27. The van der Waals surface area contributed by atoms with Crippen LogP contribution >= 0.6 is 0 Å². The largest absolute Gasteiger partial charge is 0.475 e. The first-order valence-electron chi connectivity index (χ1n) is 13.6. The van der Waals surface area contributed by atoms with Crippen molar-refractivity contribution in [2.45, 2.75) is 83.7 Å². The lowest BCUT2D eigenvalue weighted by Gasteiger charge is -2.33. The highest BCUT2D eigenvalue weighted by atomic mass is 16.4. The Morgan fingerprint density at radius 3 is 2.43 bits per heavy atom. The molecule has 1 atom stereocenters. The van der Waals surface area contributed by atoms with Gasteiger partial charge in [-0.15, -0.1) is 12.3 Å². The molecule has 0 radical (unpaired) electrons. The lowest BCUT2D eigenvalue weighted by molar-refractivity contribution is 0.0684. The van der Waals surface area contributed by atoms with E-state index >= 15 is 0 Å². The molecule has 0 aliphatic heterocycles. The van der Waals surface area contributed by atoms with E-state index in [-0.39, 0.29) is 11.9 Å². The van der Waals surface area contributed by atoms with Crippen LogP contribution in [0.25, 0.3) is 11.2 Å². The van der Waals surface area contributed by atoms with Crippen molar-refractivity contribution in [1.82, 2.24) is 19.5 Å². The molecular formula is C30H37N5O2. The van der Waals surface area contributed by atoms with Crippen molar-refractivity contribution in [2.75, 3.05) is 5.32 Å². The first kappa shape index (κ1) is 25.3. The summed E-state index contributed by atoms with van der Waals surface area (Å²) >= 11 is 0. The number of aromatic carboxylic acids is 1. The molecule has 1 aromatic carbocycles. The fraction of sp³-hybridized carbons (Fsp3) is 0.533. The van der Waals surface area contributed by atoms with E-state index in [0.29, 0.717) is 29.2 Å². The van der Waals surface area contributed by atoms with E-state index in [9.17, 15) is 9.90 Å². The number of carboxylic acids is 1. The van der Waals surface area contributed by atoms with Gasteiger partial charge < -0.3 is 15.0 Å². The number of nitrogens with one attached hydrogen (secondary N) is 1. The molecule has 7 heteroatoms. The molecule has 194 valence electrons. The van der Waals surface area contributed by atoms with Crippen LogP contribution in [0, 0.1) is 30.1 Å². The highest BCUT2D eigenvalue weighted by Crippen LogP contribution is 2.38. The maximum atomic E-state index is 12.0. The number of hydrogen-bond acceptors (Lipinski definition) is 5. The molecule has 2 saturated carbocycles. The second-order valence-corrected chi connectivity index (χ2v) is 11.4. The van der Waals surface area contributed by atoms with Crippen LogP contribution in [0.1, 0.15) is 87.7 Å². The quantitative estimate of drug-likeness (QED) is 0.375. The van der Waals surface area contributed by atoms with Crippen molar-refractivity contribution >= 4 is 23.0 Å². The first-order chi connectivity index (χ1) is 17.8. The zero-order valence-electron chi connectivity index (χ0n) is 22.1. The fourth-order valence-electron chi connectivity index (χ4n) is 5.91. The molecule has 2 aliphatic rings. The number of imidazole rings is 1. The average Bonchev–Trinajstić information content (AvgIpc) is 3.23. The molecule has 7 nitrogen and oxygen atoms in total. The van der Waals surface area contributed by atoms with Crippen LogP contribution < -0.4 is 5.32 Å². The van der Waals surface area contributed by atoms with E-state index < -0.39 is 11.4 Å². The Morgan fingerprint density at radius 1 is 1.14 bits per heavy atom. The standard InChI is InChI=1S/C30H37N5O2/c1-5-20-14-16-21(17-15-20)18-35-24-25(31-19(2)22-10-9-11-22)32-27(28(36)37)33-26(24)34-29(35)30(3,4)23-12-7-6-8-13-23/h1,6-8,12-13,19-22H,9-11,14-18H2,2-4H3,(H,36,37)(H,31,32,33)/t19-,20-,21-/m1/s1. The van der Waals surface area contributed by atoms with E-state index in [1.54, 1.807) is 0 Å². The second kappa shape index (κ2) is 10.2. The maximum absolute atomic E-state index is 12.0. The molecule has 2 aromatic heterocycles. The zero-order chi connectivity index (χ0) is 26.2. The summed E-state index contributed by atoms with van der Waals surface area (Å²) in [5, 5.41) is 13.4. The lowest BCUT2D eigenvalue weighted by atomic mass is 9.80. The summed E-state index contributed by atoms with van der Waals surface area (Å²) in [6, 6.07) is 10.5. The molecule has 2 fully saturated rings. The number of fused-ring (bicyclic) bond motifs is 1. The van der Waals surface area contributed by atoms with Gasteiger partial charge in [0.2, 0.25) is 5.82 Å². The number of anilines is 1. The Labute approximate surface area is 219 Å². The van der Waals surface area contributed by atoms with Crippen molar-refractivity contribution in [2.24, 2.45) is 17.8 Å². The smallest absolute Gasteiger partial charge is 0.374 e. The van der Waals surface area contributed by atoms with Gasteiger partial charge >= 0.3 is 5.97 Å². The minimum Gasteiger partial charge on any atom is -0.475 e. The van der Waals surface area contributed by atoms with E-state index in [0.717, 1.165) is 49.1 Å². The molecule has 3 aromatic rings. The van der Waals surface area contributed by atoms with Crippen LogP contribution in [0.4, 0.5) is 5.82 Å². The van der Waals surface area contributed by atoms with Crippen molar-refractivity contribution in [3.05, 3.63) is 47.5 Å². The molecule has 5 rings (SSSR count). The number of terminal acetylenes is 1. The molecule has 0 unspecified atom stereocenters. The van der Waals surface area contributed by atoms with E-state index in [4.69, 9.17) is 11.4 Å². The summed E-state index contributed by atoms with van der Waals surface area (Å²) in [4.78, 5) is 25.9. The predicted octanol–water partition coefficient (Wildman–Crippen LogP) is 5.89. The van der Waals surface area contributed by atoms with E-state index in [2.05, 4.69) is 58.7 Å². The first-order valence-corrected chi connectivity index (χ1v) is 13.6. The third-order valence-electron chi connectivity index (χ3n) is 8.59. The minimum atomic E-state index is -1.15. The van der Waals surface area contributed by atoms with Gasteiger partial charge in [-0.2, -0.15) is 0 Å². The Kier molecular flexibility index (Phi) is 6.94. The summed E-state index contributed by atoms with van der Waals surface area (Å²) in [5.41, 5.74) is 1.96. The van der Waals surface area contributed by atoms with Crippen molar-refractivity contribution in [3.63, 3.8) is 0 Å². The summed E-state index contributed by atoms with van der Waals surface area (Å²) in [6.07, 6.45) is 13.5. The third kappa shape index (κ3) is 4.94. The van der Waals surface area contributed by atoms with Gasteiger partial charge in [-0.05, 0) is 76.7 Å². The van der Waals surface area contributed by atoms with Crippen LogP contribution in [0.3, 0.4) is 0 Å². The molecule has 2 N–H and O–H groups in total. The monoisotopic (exact) mass is 499 g/mol. The van der Waals surface area contributed by atoms with E-state index in [1.807, 2.05) is 18.2 Å². The summed E-state index contributed by atoms with van der Waals surface area (Å²) in [7, 11) is 0. The number of rotatable bonds is 8. The topological polar surface area (TPSA) is 92.9 Å². The van der Waals surface area contributed by atoms with Gasteiger partial charge in [0.15, 0.2) is 11.5 Å². The molecule has 0 bridgehead atoms. The lowest BCUT2D eigenvalue weighted by Crippen LogP contribution is -2.32. The Hall–Kier alpha value is -3.40. The fourth-order valence-corrected chi connectivity index (χ4v) is 5.91. The molecular weight excluding hydrogens is 462 g/mol. The number of nitrogens with zero attached hydrogens (tertiary/aromatic N) is 4. The number of carbonyl (C=O) groups is 1. The molecule has 0 amide bonds. The Balaban J connectivity index is 1.65. The van der Waals surface area contributed by atoms with Crippen LogP contribution in [-0.4, -0.2) is 36.6 Å². The van der Waals surface area contributed by atoms with Gasteiger partial charge in [-0.3, -0.25) is 0 Å². The predicted molar refractivity (Wildman–Crippen MR) is 146 cm³/mol. The Bertz CT molecular complexity index is 1310. The van der Waals surface area contributed by atoms with E-state index in [1.165, 1.54) is 19.3 Å². The maximum Gasteiger partial charge on any atom is 0.374 e. The zero-order valence-corrected chi connectivity index (χ0v) is 22.1.